The SMILES string of the molecule is Cc1ccc(C2(c3ccc(ON)cc3)c3cc[nH]c3-c3[nH]c4c5c([nH]c4c32)-c2[nH]ccc2C5(c2ccc(N)cc2)c2ccc(O)cc2)cc1. The summed E-state index contributed by atoms with van der Waals surface area (Å²) in [4.78, 5) is 20.2. The fourth-order valence-electron chi connectivity index (χ4n) is 8.86. The molecular formula is C41H32N6O2. The third-order valence-electron chi connectivity index (χ3n) is 10.9. The topological polar surface area (TPSA) is 145 Å². The monoisotopic (exact) mass is 640 g/mol. The smallest absolute Gasteiger partial charge is 0.146 e. The van der Waals surface area contributed by atoms with Crippen molar-refractivity contribution < 1.29 is 9.94 Å². The maximum atomic E-state index is 10.4. The highest BCUT2D eigenvalue weighted by molar-refractivity contribution is 6.05. The van der Waals surface area contributed by atoms with E-state index in [1.54, 1.807) is 12.1 Å². The number of nitrogens with one attached hydrogen (secondary N) is 4. The number of nitrogen functional groups attached to an aromatic ring is 1. The van der Waals surface area contributed by atoms with E-state index < -0.39 is 10.8 Å². The van der Waals surface area contributed by atoms with Crippen LogP contribution in [-0.2, 0) is 10.8 Å². The predicted octanol–water partition coefficient (Wildman–Crippen LogP) is 7.73. The Balaban J connectivity index is 1.35. The van der Waals surface area contributed by atoms with E-state index in [1.165, 1.54) is 11.1 Å². The minimum absolute atomic E-state index is 0.218. The average Bonchev–Trinajstić information content (AvgIpc) is 3.96. The lowest BCUT2D eigenvalue weighted by atomic mass is 9.67. The third-order valence-corrected chi connectivity index (χ3v) is 10.9. The zero-order valence-corrected chi connectivity index (χ0v) is 26.6. The van der Waals surface area contributed by atoms with Crippen LogP contribution in [0.1, 0.15) is 50.1 Å². The summed E-state index contributed by atoms with van der Waals surface area (Å²) in [5, 5.41) is 10.4. The number of aromatic hydroxyl groups is 1. The third kappa shape index (κ3) is 3.35. The van der Waals surface area contributed by atoms with Gasteiger partial charge in [-0.3, -0.25) is 0 Å². The van der Waals surface area contributed by atoms with E-state index in [2.05, 4.69) is 87.5 Å². The van der Waals surface area contributed by atoms with Gasteiger partial charge < -0.3 is 35.6 Å². The second-order valence-corrected chi connectivity index (χ2v) is 13.2. The van der Waals surface area contributed by atoms with Crippen molar-refractivity contribution in [3.05, 3.63) is 172 Å². The Kier molecular flexibility index (Phi) is 5.42. The van der Waals surface area contributed by atoms with Crippen molar-refractivity contribution >= 4 is 16.7 Å². The molecule has 2 aliphatic carbocycles. The first-order valence-electron chi connectivity index (χ1n) is 16.3. The zero-order chi connectivity index (χ0) is 33.1. The van der Waals surface area contributed by atoms with E-state index in [1.807, 2.05) is 48.8 Å². The van der Waals surface area contributed by atoms with Gasteiger partial charge in [0.1, 0.15) is 11.5 Å². The first-order valence-corrected chi connectivity index (χ1v) is 16.3. The molecule has 4 aromatic carbocycles. The van der Waals surface area contributed by atoms with Crippen LogP contribution in [0.3, 0.4) is 0 Å². The number of aromatic amines is 4. The Morgan fingerprint density at radius 2 is 0.980 bits per heavy atom. The molecule has 0 saturated carbocycles. The summed E-state index contributed by atoms with van der Waals surface area (Å²) in [6, 6.07) is 37.0. The molecule has 0 radical (unpaired) electrons. The lowest BCUT2D eigenvalue weighted by Crippen LogP contribution is -2.29. The van der Waals surface area contributed by atoms with Crippen LogP contribution in [0.5, 0.6) is 11.5 Å². The molecule has 0 aliphatic heterocycles. The highest BCUT2D eigenvalue weighted by atomic mass is 16.6. The summed E-state index contributed by atoms with van der Waals surface area (Å²) in [7, 11) is 0. The number of hydrogen-bond acceptors (Lipinski definition) is 4. The van der Waals surface area contributed by atoms with Gasteiger partial charge in [0.15, 0.2) is 0 Å². The summed E-state index contributed by atoms with van der Waals surface area (Å²) in [5.74, 6) is 6.39. The van der Waals surface area contributed by atoms with Crippen molar-refractivity contribution in [2.75, 3.05) is 5.73 Å². The standard InChI is InChI=1S/C41H32N6O2/c1-22-2-4-23(5-3-22)40(26-10-16-29(49-43)17-11-26)30-18-20-44-34(30)36-32(40)38-39(46-36)33-37(47-38)35-31(19-21-45-35)41(33,24-6-12-27(42)13-7-24)25-8-14-28(48)15-9-25/h2-21,44-48H,42-43H2,1H3. The fourth-order valence-corrected chi connectivity index (χ4v) is 8.86. The number of rotatable bonds is 5. The number of phenolic OH excluding ortho intramolecular Hbond substituents is 1. The summed E-state index contributed by atoms with van der Waals surface area (Å²) >= 11 is 0. The van der Waals surface area contributed by atoms with E-state index in [9.17, 15) is 5.11 Å². The molecule has 9 N–H and O–H groups in total. The molecule has 4 aromatic heterocycles. The number of phenols is 1. The van der Waals surface area contributed by atoms with Crippen LogP contribution in [0.4, 0.5) is 5.69 Å². The Hall–Kier alpha value is -6.38. The molecule has 0 fully saturated rings. The zero-order valence-electron chi connectivity index (χ0n) is 26.6. The summed E-state index contributed by atoms with van der Waals surface area (Å²) in [5.41, 5.74) is 21.9. The van der Waals surface area contributed by atoms with Crippen molar-refractivity contribution in [3.63, 3.8) is 0 Å². The van der Waals surface area contributed by atoms with E-state index >= 15 is 0 Å². The number of hydrogen-bond donors (Lipinski definition) is 7. The van der Waals surface area contributed by atoms with Crippen LogP contribution in [0.15, 0.2) is 122 Å². The van der Waals surface area contributed by atoms with Crippen LogP contribution in [0.2, 0.25) is 0 Å². The normalized spacial score (nSPS) is 18.7. The van der Waals surface area contributed by atoms with Gasteiger partial charge in [0.2, 0.25) is 0 Å². The molecule has 2 atom stereocenters. The molecule has 2 aliphatic rings. The van der Waals surface area contributed by atoms with Crippen molar-refractivity contribution in [1.82, 2.24) is 19.9 Å². The molecule has 0 spiro atoms. The van der Waals surface area contributed by atoms with Crippen molar-refractivity contribution in [2.45, 2.75) is 17.8 Å². The van der Waals surface area contributed by atoms with Gasteiger partial charge in [-0.15, -0.1) is 0 Å². The first kappa shape index (κ1) is 27.7. The highest BCUT2D eigenvalue weighted by Gasteiger charge is 2.54. The number of fused-ring (bicyclic) bond motifs is 9. The molecule has 0 saturated heterocycles. The summed E-state index contributed by atoms with van der Waals surface area (Å²) in [6.07, 6.45) is 4.02. The maximum absolute atomic E-state index is 10.4. The van der Waals surface area contributed by atoms with Crippen LogP contribution >= 0.6 is 0 Å². The average molecular weight is 641 g/mol. The molecule has 8 heteroatoms. The van der Waals surface area contributed by atoms with Gasteiger partial charge in [-0.2, -0.15) is 5.90 Å². The first-order chi connectivity index (χ1) is 24.0. The van der Waals surface area contributed by atoms with Crippen molar-refractivity contribution in [3.8, 4) is 34.3 Å². The number of benzene rings is 4. The number of aryl methyl sites for hydroxylation is 1. The van der Waals surface area contributed by atoms with Crippen LogP contribution in [0.25, 0.3) is 33.8 Å². The molecule has 49 heavy (non-hydrogen) atoms. The van der Waals surface area contributed by atoms with Crippen molar-refractivity contribution in [1.29, 1.82) is 0 Å². The summed E-state index contributed by atoms with van der Waals surface area (Å²) in [6.45, 7) is 2.11. The second kappa shape index (κ2) is 9.59. The maximum Gasteiger partial charge on any atom is 0.146 e. The second-order valence-electron chi connectivity index (χ2n) is 13.2. The summed E-state index contributed by atoms with van der Waals surface area (Å²) < 4.78 is 0. The largest absolute Gasteiger partial charge is 0.508 e. The lowest BCUT2D eigenvalue weighted by molar-refractivity contribution is 0.334. The van der Waals surface area contributed by atoms with Gasteiger partial charge in [-0.05, 0) is 88.8 Å². The molecule has 8 nitrogen and oxygen atoms in total. The van der Waals surface area contributed by atoms with Gasteiger partial charge in [0.05, 0.1) is 44.6 Å². The minimum Gasteiger partial charge on any atom is -0.508 e. The molecule has 8 aromatic rings. The molecule has 2 unspecified atom stereocenters. The van der Waals surface area contributed by atoms with E-state index in [0.29, 0.717) is 11.4 Å². The van der Waals surface area contributed by atoms with Crippen LogP contribution < -0.4 is 16.5 Å². The molecule has 0 bridgehead atoms. The molecule has 238 valence electrons. The van der Waals surface area contributed by atoms with Gasteiger partial charge in [-0.25, -0.2) is 0 Å². The highest BCUT2D eigenvalue weighted by Crippen LogP contribution is 2.63. The molecule has 10 rings (SSSR count). The molecular weight excluding hydrogens is 608 g/mol. The Bertz CT molecular complexity index is 2500. The quantitative estimate of drug-likeness (QED) is 0.0763. The number of anilines is 1. The molecule has 0 amide bonds. The van der Waals surface area contributed by atoms with Gasteiger partial charge in [0, 0.05) is 29.2 Å². The Morgan fingerprint density at radius 3 is 1.45 bits per heavy atom. The van der Waals surface area contributed by atoms with Gasteiger partial charge >= 0.3 is 0 Å². The Labute approximate surface area is 281 Å². The van der Waals surface area contributed by atoms with E-state index in [-0.39, 0.29) is 5.75 Å². The lowest BCUT2D eigenvalue weighted by Gasteiger charge is -2.33. The van der Waals surface area contributed by atoms with E-state index in [4.69, 9.17) is 16.5 Å². The number of H-pyrrole nitrogens is 4. The molecule has 4 heterocycles. The number of aromatic nitrogens is 4. The minimum atomic E-state index is -0.714. The fraction of sp³-hybridized carbons (Fsp3) is 0.0732. The number of nitrogens with two attached hydrogens (primary N) is 2. The van der Waals surface area contributed by atoms with Crippen LogP contribution in [0, 0.1) is 6.92 Å². The van der Waals surface area contributed by atoms with Gasteiger partial charge in [-0.1, -0.05) is 66.2 Å². The Morgan fingerprint density at radius 1 is 0.551 bits per heavy atom. The van der Waals surface area contributed by atoms with Gasteiger partial charge in [0.25, 0.3) is 0 Å². The van der Waals surface area contributed by atoms with E-state index in [0.717, 1.165) is 72.8 Å². The predicted molar refractivity (Wildman–Crippen MR) is 192 cm³/mol. The van der Waals surface area contributed by atoms with Crippen LogP contribution in [-0.4, -0.2) is 25.0 Å². The van der Waals surface area contributed by atoms with Crippen molar-refractivity contribution in [2.24, 2.45) is 5.90 Å².